The summed E-state index contributed by atoms with van der Waals surface area (Å²) in [7, 11) is 0. The zero-order valence-corrected chi connectivity index (χ0v) is 11.8. The Morgan fingerprint density at radius 2 is 2.00 bits per heavy atom. The summed E-state index contributed by atoms with van der Waals surface area (Å²) in [6.45, 7) is 0.693. The SMILES string of the molecule is O=C(CC1OCCc2ccccc21)OC1CCCCC1. The normalized spacial score (nSPS) is 23.1. The van der Waals surface area contributed by atoms with Gasteiger partial charge in [-0.05, 0) is 43.2 Å². The number of esters is 1. The molecule has 1 aliphatic carbocycles. The third kappa shape index (κ3) is 3.21. The van der Waals surface area contributed by atoms with E-state index < -0.39 is 0 Å². The van der Waals surface area contributed by atoms with E-state index in [0.29, 0.717) is 13.0 Å². The Hall–Kier alpha value is -1.35. The molecule has 20 heavy (non-hydrogen) atoms. The summed E-state index contributed by atoms with van der Waals surface area (Å²) in [6.07, 6.45) is 6.96. The van der Waals surface area contributed by atoms with Gasteiger partial charge >= 0.3 is 5.97 Å². The predicted octanol–water partition coefficient (Wildman–Crippen LogP) is 3.57. The van der Waals surface area contributed by atoms with Crippen LogP contribution in [0.25, 0.3) is 0 Å². The molecular weight excluding hydrogens is 252 g/mol. The van der Waals surface area contributed by atoms with Crippen LogP contribution in [0.1, 0.15) is 55.8 Å². The lowest BCUT2D eigenvalue weighted by Crippen LogP contribution is -2.24. The fourth-order valence-corrected chi connectivity index (χ4v) is 3.21. The molecule has 1 aromatic carbocycles. The van der Waals surface area contributed by atoms with Gasteiger partial charge in [0.2, 0.25) is 0 Å². The number of benzene rings is 1. The van der Waals surface area contributed by atoms with Crippen molar-refractivity contribution in [3.8, 4) is 0 Å². The number of carbonyl (C=O) groups excluding carboxylic acids is 1. The van der Waals surface area contributed by atoms with Gasteiger partial charge in [0.1, 0.15) is 6.10 Å². The molecule has 0 bridgehead atoms. The van der Waals surface area contributed by atoms with Gasteiger partial charge < -0.3 is 9.47 Å². The second-order valence-electron chi connectivity index (χ2n) is 5.76. The first-order valence-electron chi connectivity index (χ1n) is 7.72. The average molecular weight is 274 g/mol. The molecule has 1 heterocycles. The lowest BCUT2D eigenvalue weighted by Gasteiger charge is -2.27. The fourth-order valence-electron chi connectivity index (χ4n) is 3.21. The van der Waals surface area contributed by atoms with Crippen molar-refractivity contribution in [2.24, 2.45) is 0 Å². The van der Waals surface area contributed by atoms with Crippen molar-refractivity contribution in [3.05, 3.63) is 35.4 Å². The number of hydrogen-bond donors (Lipinski definition) is 0. The highest BCUT2D eigenvalue weighted by Gasteiger charge is 2.25. The molecule has 1 atom stereocenters. The highest BCUT2D eigenvalue weighted by atomic mass is 16.5. The smallest absolute Gasteiger partial charge is 0.309 e. The van der Waals surface area contributed by atoms with Crippen LogP contribution >= 0.6 is 0 Å². The van der Waals surface area contributed by atoms with Gasteiger partial charge in [0.25, 0.3) is 0 Å². The van der Waals surface area contributed by atoms with E-state index in [-0.39, 0.29) is 18.2 Å². The molecule has 0 saturated heterocycles. The van der Waals surface area contributed by atoms with Gasteiger partial charge in [-0.2, -0.15) is 0 Å². The average Bonchev–Trinajstić information content (AvgIpc) is 2.48. The lowest BCUT2D eigenvalue weighted by atomic mass is 9.95. The second-order valence-corrected chi connectivity index (χ2v) is 5.76. The first kappa shape index (κ1) is 13.6. The summed E-state index contributed by atoms with van der Waals surface area (Å²) in [4.78, 5) is 12.1. The predicted molar refractivity (Wildman–Crippen MR) is 76.4 cm³/mol. The minimum atomic E-state index is -0.129. The van der Waals surface area contributed by atoms with Gasteiger partial charge in [-0.3, -0.25) is 4.79 Å². The topological polar surface area (TPSA) is 35.5 Å². The molecule has 1 unspecified atom stereocenters. The quantitative estimate of drug-likeness (QED) is 0.790. The van der Waals surface area contributed by atoms with E-state index in [9.17, 15) is 4.79 Å². The van der Waals surface area contributed by atoms with E-state index in [1.54, 1.807) is 0 Å². The molecule has 0 amide bonds. The summed E-state index contributed by atoms with van der Waals surface area (Å²) in [5.41, 5.74) is 2.45. The number of ether oxygens (including phenoxy) is 2. The van der Waals surface area contributed by atoms with E-state index in [1.165, 1.54) is 24.8 Å². The number of carbonyl (C=O) groups is 1. The van der Waals surface area contributed by atoms with Crippen LogP contribution in [0.2, 0.25) is 0 Å². The molecule has 1 aliphatic heterocycles. The Bertz CT molecular complexity index is 463. The summed E-state index contributed by atoms with van der Waals surface area (Å²) < 4.78 is 11.4. The third-order valence-electron chi connectivity index (χ3n) is 4.29. The minimum Gasteiger partial charge on any atom is -0.462 e. The maximum absolute atomic E-state index is 12.1. The van der Waals surface area contributed by atoms with Gasteiger partial charge in [0, 0.05) is 0 Å². The number of rotatable bonds is 3. The zero-order valence-electron chi connectivity index (χ0n) is 11.8. The van der Waals surface area contributed by atoms with Crippen molar-refractivity contribution >= 4 is 5.97 Å². The van der Waals surface area contributed by atoms with Gasteiger partial charge in [0.05, 0.1) is 19.1 Å². The zero-order chi connectivity index (χ0) is 13.8. The molecule has 0 spiro atoms. The summed E-state index contributed by atoms with van der Waals surface area (Å²) in [5.74, 6) is -0.112. The maximum atomic E-state index is 12.1. The molecule has 0 N–H and O–H groups in total. The Morgan fingerprint density at radius 1 is 1.20 bits per heavy atom. The van der Waals surface area contributed by atoms with Crippen LogP contribution in [0.3, 0.4) is 0 Å². The van der Waals surface area contributed by atoms with Crippen LogP contribution < -0.4 is 0 Å². The van der Waals surface area contributed by atoms with Crippen molar-refractivity contribution in [3.63, 3.8) is 0 Å². The van der Waals surface area contributed by atoms with Crippen molar-refractivity contribution < 1.29 is 14.3 Å². The fraction of sp³-hybridized carbons (Fsp3) is 0.588. The maximum Gasteiger partial charge on any atom is 0.309 e. The van der Waals surface area contributed by atoms with E-state index in [2.05, 4.69) is 12.1 Å². The second kappa shape index (κ2) is 6.40. The molecule has 0 aromatic heterocycles. The third-order valence-corrected chi connectivity index (χ3v) is 4.29. The summed E-state index contributed by atoms with van der Waals surface area (Å²) in [6, 6.07) is 8.24. The molecule has 0 radical (unpaired) electrons. The molecule has 3 rings (SSSR count). The van der Waals surface area contributed by atoms with E-state index in [1.807, 2.05) is 12.1 Å². The number of fused-ring (bicyclic) bond motifs is 1. The Labute approximate surface area is 120 Å². The highest BCUT2D eigenvalue weighted by Crippen LogP contribution is 2.30. The van der Waals surface area contributed by atoms with Crippen molar-refractivity contribution in [1.29, 1.82) is 0 Å². The van der Waals surface area contributed by atoms with E-state index in [0.717, 1.165) is 24.8 Å². The number of hydrogen-bond acceptors (Lipinski definition) is 3. The molecular formula is C17H22O3. The Balaban J connectivity index is 1.59. The molecule has 3 nitrogen and oxygen atoms in total. The summed E-state index contributed by atoms with van der Waals surface area (Å²) >= 11 is 0. The first-order valence-corrected chi connectivity index (χ1v) is 7.72. The largest absolute Gasteiger partial charge is 0.462 e. The van der Waals surface area contributed by atoms with Crippen molar-refractivity contribution in [2.45, 2.75) is 57.2 Å². The van der Waals surface area contributed by atoms with Crippen LogP contribution in [0.4, 0.5) is 0 Å². The van der Waals surface area contributed by atoms with Crippen LogP contribution in [-0.2, 0) is 20.7 Å². The Kier molecular flexibility index (Phi) is 4.36. The molecule has 1 fully saturated rings. The van der Waals surface area contributed by atoms with Crippen LogP contribution in [0, 0.1) is 0 Å². The van der Waals surface area contributed by atoms with Gasteiger partial charge in [0.15, 0.2) is 0 Å². The standard InChI is InChI=1S/C17H22O3/c18-17(20-14-7-2-1-3-8-14)12-16-15-9-5-4-6-13(15)10-11-19-16/h4-6,9,14,16H,1-3,7-8,10-12H2. The molecule has 1 aromatic rings. The van der Waals surface area contributed by atoms with Crippen LogP contribution in [0.15, 0.2) is 24.3 Å². The van der Waals surface area contributed by atoms with Crippen molar-refractivity contribution in [2.75, 3.05) is 6.61 Å². The van der Waals surface area contributed by atoms with Gasteiger partial charge in [-0.15, -0.1) is 0 Å². The first-order chi connectivity index (χ1) is 9.83. The van der Waals surface area contributed by atoms with E-state index >= 15 is 0 Å². The molecule has 3 heteroatoms. The van der Waals surface area contributed by atoms with E-state index in [4.69, 9.17) is 9.47 Å². The molecule has 108 valence electrons. The van der Waals surface area contributed by atoms with Crippen molar-refractivity contribution in [1.82, 2.24) is 0 Å². The summed E-state index contributed by atoms with van der Waals surface area (Å²) in [5, 5.41) is 0. The van der Waals surface area contributed by atoms with Gasteiger partial charge in [-0.1, -0.05) is 30.7 Å². The monoisotopic (exact) mass is 274 g/mol. The molecule has 1 saturated carbocycles. The lowest BCUT2D eigenvalue weighted by molar-refractivity contribution is -0.154. The van der Waals surface area contributed by atoms with Gasteiger partial charge in [-0.25, -0.2) is 0 Å². The Morgan fingerprint density at radius 3 is 2.85 bits per heavy atom. The highest BCUT2D eigenvalue weighted by molar-refractivity contribution is 5.70. The van der Waals surface area contributed by atoms with Crippen LogP contribution in [-0.4, -0.2) is 18.7 Å². The minimum absolute atomic E-state index is 0.112. The van der Waals surface area contributed by atoms with Crippen LogP contribution in [0.5, 0.6) is 0 Å². The molecule has 2 aliphatic rings.